The van der Waals surface area contributed by atoms with Gasteiger partial charge < -0.3 is 14.5 Å². The van der Waals surface area contributed by atoms with Crippen LogP contribution in [0, 0.1) is 0 Å². The fraction of sp³-hybridized carbons (Fsp3) is 0.355. The Hall–Kier alpha value is -4.60. The Morgan fingerprint density at radius 1 is 0.951 bits per heavy atom. The summed E-state index contributed by atoms with van der Waals surface area (Å²) in [7, 11) is 0. The molecule has 0 radical (unpaired) electrons. The van der Waals surface area contributed by atoms with E-state index in [0.29, 0.717) is 44.0 Å². The number of hydrogen-bond acceptors (Lipinski definition) is 7. The molecular weight excluding hydrogens is 518 g/mol. The van der Waals surface area contributed by atoms with Gasteiger partial charge in [-0.1, -0.05) is 12.1 Å². The third-order valence-electron chi connectivity index (χ3n) is 6.78. The van der Waals surface area contributed by atoms with Gasteiger partial charge in [0.2, 0.25) is 0 Å². The molecule has 4 aromatic rings. The van der Waals surface area contributed by atoms with E-state index in [1.54, 1.807) is 28.4 Å². The van der Waals surface area contributed by atoms with E-state index >= 15 is 0 Å². The first-order valence-corrected chi connectivity index (χ1v) is 13.9. The van der Waals surface area contributed by atoms with E-state index in [9.17, 15) is 9.59 Å². The first kappa shape index (κ1) is 27.9. The Morgan fingerprint density at radius 3 is 2.34 bits per heavy atom. The van der Waals surface area contributed by atoms with Gasteiger partial charge in [-0.2, -0.15) is 5.10 Å². The van der Waals surface area contributed by atoms with Crippen LogP contribution in [0.5, 0.6) is 0 Å². The lowest BCUT2D eigenvalue weighted by Crippen LogP contribution is -2.51. The number of pyridine rings is 1. The summed E-state index contributed by atoms with van der Waals surface area (Å²) in [5, 5.41) is 4.74. The molecule has 2 amide bonds. The van der Waals surface area contributed by atoms with Gasteiger partial charge >= 0.3 is 6.09 Å². The van der Waals surface area contributed by atoms with Crippen LogP contribution in [0.2, 0.25) is 0 Å². The minimum Gasteiger partial charge on any atom is -0.444 e. The molecule has 1 aliphatic heterocycles. The molecule has 41 heavy (non-hydrogen) atoms. The molecule has 5 rings (SSSR count). The van der Waals surface area contributed by atoms with Crippen molar-refractivity contribution in [1.29, 1.82) is 0 Å². The van der Waals surface area contributed by atoms with E-state index in [0.717, 1.165) is 34.6 Å². The van der Waals surface area contributed by atoms with Crippen molar-refractivity contribution in [3.63, 3.8) is 0 Å². The van der Waals surface area contributed by atoms with Gasteiger partial charge in [-0.05, 0) is 63.6 Å². The zero-order chi connectivity index (χ0) is 29.0. The first-order chi connectivity index (χ1) is 19.7. The van der Waals surface area contributed by atoms with E-state index < -0.39 is 5.60 Å². The fourth-order valence-electron chi connectivity index (χ4n) is 4.67. The zero-order valence-corrected chi connectivity index (χ0v) is 23.9. The second-order valence-electron chi connectivity index (χ2n) is 11.0. The summed E-state index contributed by atoms with van der Waals surface area (Å²) in [6.45, 7) is 10.2. The monoisotopic (exact) mass is 553 g/mol. The predicted molar refractivity (Wildman–Crippen MR) is 155 cm³/mol. The van der Waals surface area contributed by atoms with Gasteiger partial charge in [0, 0.05) is 80.6 Å². The van der Waals surface area contributed by atoms with Gasteiger partial charge in [0.25, 0.3) is 5.91 Å². The smallest absolute Gasteiger partial charge is 0.410 e. The maximum absolute atomic E-state index is 13.1. The van der Waals surface area contributed by atoms with E-state index in [1.807, 2.05) is 81.0 Å². The van der Waals surface area contributed by atoms with Gasteiger partial charge in [-0.15, -0.1) is 0 Å². The highest BCUT2D eigenvalue weighted by Gasteiger charge is 2.28. The number of aryl methyl sites for hydroxylation is 1. The fourth-order valence-corrected chi connectivity index (χ4v) is 4.67. The van der Waals surface area contributed by atoms with Crippen LogP contribution in [0.4, 0.5) is 4.79 Å². The number of hydrogen-bond donors (Lipinski definition) is 0. The van der Waals surface area contributed by atoms with Gasteiger partial charge in [0.15, 0.2) is 0 Å². The van der Waals surface area contributed by atoms with Crippen molar-refractivity contribution >= 4 is 12.0 Å². The van der Waals surface area contributed by atoms with E-state index in [-0.39, 0.29) is 12.0 Å². The van der Waals surface area contributed by atoms with E-state index in [1.165, 1.54) is 0 Å². The van der Waals surface area contributed by atoms with Crippen molar-refractivity contribution in [2.45, 2.75) is 46.3 Å². The topological polar surface area (TPSA) is 106 Å². The number of amides is 2. The molecule has 1 saturated heterocycles. The number of carbonyl (C=O) groups excluding carboxylic acids is 2. The van der Waals surface area contributed by atoms with Crippen molar-refractivity contribution in [2.24, 2.45) is 0 Å². The van der Waals surface area contributed by atoms with Gasteiger partial charge in [-0.25, -0.2) is 14.8 Å². The molecule has 4 heterocycles. The molecule has 10 nitrogen and oxygen atoms in total. The number of nitrogens with zero attached hydrogens (tertiary/aromatic N) is 7. The molecule has 0 saturated carbocycles. The highest BCUT2D eigenvalue weighted by molar-refractivity contribution is 5.94. The minimum absolute atomic E-state index is 0.0468. The highest BCUT2D eigenvalue weighted by atomic mass is 16.6. The molecule has 0 spiro atoms. The van der Waals surface area contributed by atoms with Gasteiger partial charge in [0.1, 0.15) is 17.1 Å². The largest absolute Gasteiger partial charge is 0.444 e. The van der Waals surface area contributed by atoms with Crippen LogP contribution in [0.1, 0.15) is 49.4 Å². The van der Waals surface area contributed by atoms with Crippen molar-refractivity contribution < 1.29 is 14.3 Å². The average molecular weight is 554 g/mol. The maximum Gasteiger partial charge on any atom is 0.410 e. The lowest BCUT2D eigenvalue weighted by atomic mass is 10.1. The number of aromatic nitrogens is 5. The Labute approximate surface area is 240 Å². The Kier molecular flexibility index (Phi) is 8.09. The molecule has 0 N–H and O–H groups in total. The van der Waals surface area contributed by atoms with Crippen molar-refractivity contribution in [3.05, 3.63) is 84.2 Å². The Bertz CT molecular complexity index is 1500. The van der Waals surface area contributed by atoms with Crippen LogP contribution in [0.25, 0.3) is 22.5 Å². The number of rotatable bonds is 6. The number of benzene rings is 1. The second-order valence-corrected chi connectivity index (χ2v) is 11.0. The van der Waals surface area contributed by atoms with Crippen LogP contribution in [0.3, 0.4) is 0 Å². The van der Waals surface area contributed by atoms with Crippen LogP contribution in [-0.2, 0) is 17.7 Å². The molecule has 0 atom stereocenters. The maximum atomic E-state index is 13.1. The molecule has 212 valence electrons. The summed E-state index contributed by atoms with van der Waals surface area (Å²) in [6, 6.07) is 13.3. The lowest BCUT2D eigenvalue weighted by Gasteiger charge is -2.35. The lowest BCUT2D eigenvalue weighted by molar-refractivity contribution is 0.0141. The van der Waals surface area contributed by atoms with Crippen molar-refractivity contribution in [2.75, 3.05) is 26.2 Å². The number of carbonyl (C=O) groups is 2. The Morgan fingerprint density at radius 2 is 1.68 bits per heavy atom. The predicted octanol–water partition coefficient (Wildman–Crippen LogP) is 4.71. The highest BCUT2D eigenvalue weighted by Crippen LogP contribution is 2.29. The summed E-state index contributed by atoms with van der Waals surface area (Å²) < 4.78 is 7.35. The SMILES string of the molecule is CCn1cc(-c2ccnc(Cc3ccc(C(=O)N4CCN(C(=O)OC(C)(C)C)CC4)cc3)n2)c(-c2cccnc2)n1. The molecule has 0 aliphatic carbocycles. The molecule has 3 aromatic heterocycles. The first-order valence-electron chi connectivity index (χ1n) is 13.9. The normalized spacial score (nSPS) is 13.8. The Balaban J connectivity index is 1.24. The average Bonchev–Trinajstić information content (AvgIpc) is 3.42. The summed E-state index contributed by atoms with van der Waals surface area (Å²) in [6.07, 6.45) is 7.51. The van der Waals surface area contributed by atoms with Crippen LogP contribution in [-0.4, -0.2) is 78.3 Å². The van der Waals surface area contributed by atoms with E-state index in [4.69, 9.17) is 14.8 Å². The molecule has 10 heteroatoms. The summed E-state index contributed by atoms with van der Waals surface area (Å²) in [5.41, 5.74) is 4.56. The standard InChI is InChI=1S/C31H35N7O3/c1-5-38-21-25(28(35-38)24-7-6-13-32-20-24)26-12-14-33-27(34-26)19-22-8-10-23(11-9-22)29(39)36-15-17-37(18-16-36)30(40)41-31(2,3)4/h6-14,20-21H,5,15-19H2,1-4H3. The molecule has 1 aliphatic rings. The van der Waals surface area contributed by atoms with Crippen molar-refractivity contribution in [3.8, 4) is 22.5 Å². The van der Waals surface area contributed by atoms with Crippen LogP contribution >= 0.6 is 0 Å². The van der Waals surface area contributed by atoms with Crippen molar-refractivity contribution in [1.82, 2.24) is 34.5 Å². The van der Waals surface area contributed by atoms with E-state index in [2.05, 4.69) is 9.97 Å². The molecule has 0 bridgehead atoms. The molecule has 1 fully saturated rings. The molecule has 1 aromatic carbocycles. The van der Waals surface area contributed by atoms with Gasteiger partial charge in [-0.3, -0.25) is 14.5 Å². The summed E-state index contributed by atoms with van der Waals surface area (Å²) in [5.74, 6) is 0.635. The third kappa shape index (κ3) is 6.77. The summed E-state index contributed by atoms with van der Waals surface area (Å²) in [4.78, 5) is 42.4. The van der Waals surface area contributed by atoms with Crippen LogP contribution in [0.15, 0.2) is 67.3 Å². The van der Waals surface area contributed by atoms with Crippen LogP contribution < -0.4 is 0 Å². The molecule has 0 unspecified atom stereocenters. The number of ether oxygens (including phenoxy) is 1. The zero-order valence-electron chi connectivity index (χ0n) is 23.9. The summed E-state index contributed by atoms with van der Waals surface area (Å²) >= 11 is 0. The minimum atomic E-state index is -0.542. The second kappa shape index (κ2) is 11.9. The number of piperazine rings is 1. The molecular formula is C31H35N7O3. The third-order valence-corrected chi connectivity index (χ3v) is 6.78. The quantitative estimate of drug-likeness (QED) is 0.341. The van der Waals surface area contributed by atoms with Gasteiger partial charge in [0.05, 0.1) is 5.69 Å².